The Morgan fingerprint density at radius 2 is 1.74 bits per heavy atom. The van der Waals surface area contributed by atoms with E-state index < -0.39 is 0 Å². The topological polar surface area (TPSA) is 9.23 Å². The lowest BCUT2D eigenvalue weighted by Crippen LogP contribution is -2.30. The van der Waals surface area contributed by atoms with Crippen LogP contribution in [0.5, 0.6) is 5.75 Å². The third kappa shape index (κ3) is 4.21. The summed E-state index contributed by atoms with van der Waals surface area (Å²) in [5.41, 5.74) is 0.214. The second-order valence-corrected chi connectivity index (χ2v) is 6.57. The molecular formula is C15H20Cl2OS. The lowest BCUT2D eigenvalue weighted by Gasteiger charge is -2.31. The van der Waals surface area contributed by atoms with E-state index in [2.05, 4.69) is 12.6 Å². The van der Waals surface area contributed by atoms with Gasteiger partial charge in [0.25, 0.3) is 0 Å². The van der Waals surface area contributed by atoms with Gasteiger partial charge in [-0.15, -0.1) is 0 Å². The second-order valence-electron chi connectivity index (χ2n) is 5.44. The molecular weight excluding hydrogens is 299 g/mol. The van der Waals surface area contributed by atoms with E-state index >= 15 is 0 Å². The highest BCUT2D eigenvalue weighted by Crippen LogP contribution is 2.37. The van der Waals surface area contributed by atoms with Crippen LogP contribution in [0.3, 0.4) is 0 Å². The number of rotatable bonds is 4. The van der Waals surface area contributed by atoms with E-state index in [1.165, 1.54) is 38.5 Å². The number of thiol groups is 1. The first-order valence-corrected chi connectivity index (χ1v) is 8.23. The van der Waals surface area contributed by atoms with Crippen molar-refractivity contribution in [2.45, 2.75) is 38.5 Å². The molecule has 1 aromatic rings. The van der Waals surface area contributed by atoms with Crippen LogP contribution in [-0.2, 0) is 0 Å². The van der Waals surface area contributed by atoms with Gasteiger partial charge in [0.05, 0.1) is 16.7 Å². The van der Waals surface area contributed by atoms with Crippen molar-refractivity contribution in [3.8, 4) is 5.75 Å². The quantitative estimate of drug-likeness (QED) is 0.558. The van der Waals surface area contributed by atoms with Gasteiger partial charge in [-0.25, -0.2) is 0 Å². The van der Waals surface area contributed by atoms with Gasteiger partial charge in [-0.05, 0) is 30.7 Å². The van der Waals surface area contributed by atoms with Gasteiger partial charge in [0.15, 0.2) is 0 Å². The van der Waals surface area contributed by atoms with Crippen molar-refractivity contribution < 1.29 is 4.74 Å². The van der Waals surface area contributed by atoms with E-state index in [0.717, 1.165) is 11.5 Å². The first-order chi connectivity index (χ1) is 9.15. The van der Waals surface area contributed by atoms with E-state index in [1.54, 1.807) is 12.1 Å². The van der Waals surface area contributed by atoms with Crippen molar-refractivity contribution in [3.05, 3.63) is 28.2 Å². The molecule has 0 aliphatic heterocycles. The molecule has 1 aliphatic rings. The summed E-state index contributed by atoms with van der Waals surface area (Å²) in [6.07, 6.45) is 7.65. The van der Waals surface area contributed by atoms with Gasteiger partial charge in [-0.3, -0.25) is 0 Å². The molecule has 0 saturated heterocycles. The van der Waals surface area contributed by atoms with Crippen LogP contribution >= 0.6 is 35.8 Å². The fourth-order valence-corrected chi connectivity index (χ4v) is 3.33. The molecule has 0 amide bonds. The summed E-state index contributed by atoms with van der Waals surface area (Å²) in [7, 11) is 0. The van der Waals surface area contributed by atoms with E-state index in [1.807, 2.05) is 6.07 Å². The van der Waals surface area contributed by atoms with Crippen molar-refractivity contribution in [3.63, 3.8) is 0 Å². The first-order valence-electron chi connectivity index (χ1n) is 6.84. The zero-order chi connectivity index (χ0) is 13.7. The molecule has 1 aromatic carbocycles. The molecule has 19 heavy (non-hydrogen) atoms. The number of benzene rings is 1. The maximum Gasteiger partial charge on any atom is 0.120 e. The fourth-order valence-electron chi connectivity index (χ4n) is 2.63. The molecule has 0 heterocycles. The maximum absolute atomic E-state index is 6.00. The Morgan fingerprint density at radius 3 is 2.32 bits per heavy atom. The minimum absolute atomic E-state index is 0.214. The highest BCUT2D eigenvalue weighted by Gasteiger charge is 2.30. The monoisotopic (exact) mass is 318 g/mol. The molecule has 1 saturated carbocycles. The number of ether oxygens (including phenoxy) is 1. The molecule has 0 spiro atoms. The molecule has 2 rings (SSSR count). The number of halogens is 2. The van der Waals surface area contributed by atoms with Gasteiger partial charge >= 0.3 is 0 Å². The molecule has 0 bridgehead atoms. The summed E-state index contributed by atoms with van der Waals surface area (Å²) in [5.74, 6) is 1.67. The average molecular weight is 319 g/mol. The van der Waals surface area contributed by atoms with E-state index in [-0.39, 0.29) is 5.41 Å². The van der Waals surface area contributed by atoms with E-state index in [9.17, 15) is 0 Å². The molecule has 1 fully saturated rings. The SMILES string of the molecule is SCC1(COc2ccc(Cl)c(Cl)c2)CCCCCC1. The van der Waals surface area contributed by atoms with E-state index in [0.29, 0.717) is 16.7 Å². The zero-order valence-corrected chi connectivity index (χ0v) is 13.4. The smallest absolute Gasteiger partial charge is 0.120 e. The van der Waals surface area contributed by atoms with Gasteiger partial charge < -0.3 is 4.74 Å². The lowest BCUT2D eigenvalue weighted by molar-refractivity contribution is 0.148. The Bertz CT molecular complexity index is 415. The van der Waals surface area contributed by atoms with Crippen molar-refractivity contribution >= 4 is 35.8 Å². The Labute approximate surface area is 131 Å². The van der Waals surface area contributed by atoms with Crippen molar-refractivity contribution in [1.82, 2.24) is 0 Å². The third-order valence-electron chi connectivity index (χ3n) is 3.94. The van der Waals surface area contributed by atoms with Crippen LogP contribution in [0.1, 0.15) is 38.5 Å². The standard InChI is InChI=1S/C15H20Cl2OS/c16-13-6-5-12(9-14(13)17)18-10-15(11-19)7-3-1-2-4-8-15/h5-6,9,19H,1-4,7-8,10-11H2. The summed E-state index contributed by atoms with van der Waals surface area (Å²) in [4.78, 5) is 0. The van der Waals surface area contributed by atoms with Gasteiger partial charge in [-0.2, -0.15) is 12.6 Å². The molecule has 4 heteroatoms. The largest absolute Gasteiger partial charge is 0.493 e. The number of hydrogen-bond acceptors (Lipinski definition) is 2. The molecule has 1 nitrogen and oxygen atoms in total. The van der Waals surface area contributed by atoms with Gasteiger partial charge in [-0.1, -0.05) is 48.9 Å². The highest BCUT2D eigenvalue weighted by atomic mass is 35.5. The Balaban J connectivity index is 2.00. The van der Waals surface area contributed by atoms with E-state index in [4.69, 9.17) is 27.9 Å². The molecule has 1 aliphatic carbocycles. The predicted octanol–water partition coefficient (Wildman–Crippen LogP) is 5.64. The molecule has 0 aromatic heterocycles. The van der Waals surface area contributed by atoms with Gasteiger partial charge in [0, 0.05) is 11.5 Å². The van der Waals surface area contributed by atoms with Crippen molar-refractivity contribution in [2.75, 3.05) is 12.4 Å². The minimum Gasteiger partial charge on any atom is -0.493 e. The summed E-state index contributed by atoms with van der Waals surface area (Å²) in [6, 6.07) is 5.43. The maximum atomic E-state index is 6.00. The first kappa shape index (κ1) is 15.3. The molecule has 0 unspecified atom stereocenters. The average Bonchev–Trinajstić information content (AvgIpc) is 2.66. The second kappa shape index (κ2) is 7.10. The Hall–Kier alpha value is -0.0500. The van der Waals surface area contributed by atoms with Crippen molar-refractivity contribution in [1.29, 1.82) is 0 Å². The molecule has 0 atom stereocenters. The number of hydrogen-bond donors (Lipinski definition) is 1. The highest BCUT2D eigenvalue weighted by molar-refractivity contribution is 7.80. The van der Waals surface area contributed by atoms with Crippen LogP contribution in [0.15, 0.2) is 18.2 Å². The minimum atomic E-state index is 0.214. The molecule has 0 radical (unpaired) electrons. The van der Waals surface area contributed by atoms with Crippen LogP contribution < -0.4 is 4.74 Å². The lowest BCUT2D eigenvalue weighted by atomic mass is 9.83. The summed E-state index contributed by atoms with van der Waals surface area (Å²) < 4.78 is 5.94. The van der Waals surface area contributed by atoms with Crippen LogP contribution in [0.2, 0.25) is 10.0 Å². The Morgan fingerprint density at radius 1 is 1.05 bits per heavy atom. The third-order valence-corrected chi connectivity index (χ3v) is 5.35. The van der Waals surface area contributed by atoms with Crippen LogP contribution in [0.4, 0.5) is 0 Å². The van der Waals surface area contributed by atoms with Gasteiger partial charge in [0.2, 0.25) is 0 Å². The summed E-state index contributed by atoms with van der Waals surface area (Å²) in [5, 5.41) is 1.10. The van der Waals surface area contributed by atoms with Gasteiger partial charge in [0.1, 0.15) is 5.75 Å². The molecule has 0 N–H and O–H groups in total. The van der Waals surface area contributed by atoms with Crippen LogP contribution in [0, 0.1) is 5.41 Å². The summed E-state index contributed by atoms with van der Waals surface area (Å²) >= 11 is 16.5. The Kier molecular flexibility index (Phi) is 5.73. The zero-order valence-electron chi connectivity index (χ0n) is 11.0. The summed E-state index contributed by atoms with van der Waals surface area (Å²) in [6.45, 7) is 0.717. The molecule has 106 valence electrons. The predicted molar refractivity (Wildman–Crippen MR) is 85.9 cm³/mol. The normalized spacial score (nSPS) is 18.9. The van der Waals surface area contributed by atoms with Crippen LogP contribution in [0.25, 0.3) is 0 Å². The fraction of sp³-hybridized carbons (Fsp3) is 0.600. The van der Waals surface area contributed by atoms with Crippen molar-refractivity contribution in [2.24, 2.45) is 5.41 Å². The van der Waals surface area contributed by atoms with Crippen LogP contribution in [-0.4, -0.2) is 12.4 Å².